The Morgan fingerprint density at radius 1 is 1.31 bits per heavy atom. The van der Waals surface area contributed by atoms with E-state index in [1.807, 2.05) is 43.4 Å². The van der Waals surface area contributed by atoms with E-state index >= 15 is 0 Å². The van der Waals surface area contributed by atoms with Gasteiger partial charge in [0.05, 0.1) is 6.54 Å². The Kier molecular flexibility index (Phi) is 5.61. The first kappa shape index (κ1) is 18.0. The van der Waals surface area contributed by atoms with Gasteiger partial charge in [-0.3, -0.25) is 9.79 Å². The highest BCUT2D eigenvalue weighted by atomic mass is 16.2. The number of hydrogen-bond donors (Lipinski definition) is 1. The van der Waals surface area contributed by atoms with Gasteiger partial charge in [0.1, 0.15) is 0 Å². The number of hydrogen-bond acceptors (Lipinski definition) is 2. The minimum absolute atomic E-state index is 0.216. The average molecular weight is 353 g/mol. The largest absolute Gasteiger partial charge is 0.353 e. The third-order valence-electron chi connectivity index (χ3n) is 4.77. The zero-order valence-electron chi connectivity index (χ0n) is 15.8. The maximum absolute atomic E-state index is 11.9. The van der Waals surface area contributed by atoms with Gasteiger partial charge in [-0.2, -0.15) is 0 Å². The minimum Gasteiger partial charge on any atom is -0.353 e. The smallest absolute Gasteiger partial charge is 0.227 e. The lowest BCUT2D eigenvalue weighted by molar-refractivity contribution is -0.117. The SMILES string of the molecule is CN=C(NCc1cccc(N2CCCC2=O)c1)N(C)Cc1cccn1C. The first-order valence-corrected chi connectivity index (χ1v) is 9.00. The molecule has 0 unspecified atom stereocenters. The van der Waals surface area contributed by atoms with Gasteiger partial charge in [-0.05, 0) is 36.2 Å². The Morgan fingerprint density at radius 3 is 2.81 bits per heavy atom. The lowest BCUT2D eigenvalue weighted by Gasteiger charge is -2.23. The highest BCUT2D eigenvalue weighted by Gasteiger charge is 2.21. The van der Waals surface area contributed by atoms with Crippen molar-refractivity contribution in [3.05, 3.63) is 53.9 Å². The van der Waals surface area contributed by atoms with Crippen LogP contribution in [-0.4, -0.2) is 42.0 Å². The molecule has 26 heavy (non-hydrogen) atoms. The van der Waals surface area contributed by atoms with Crippen LogP contribution >= 0.6 is 0 Å². The van der Waals surface area contributed by atoms with Crippen molar-refractivity contribution in [2.24, 2.45) is 12.0 Å². The molecular formula is C20H27N5O. The van der Waals surface area contributed by atoms with Gasteiger partial charge in [-0.15, -0.1) is 0 Å². The van der Waals surface area contributed by atoms with Crippen LogP contribution in [0.15, 0.2) is 47.6 Å². The van der Waals surface area contributed by atoms with E-state index in [0.29, 0.717) is 13.0 Å². The van der Waals surface area contributed by atoms with Crippen molar-refractivity contribution < 1.29 is 4.79 Å². The number of rotatable bonds is 5. The molecule has 3 rings (SSSR count). The molecule has 0 radical (unpaired) electrons. The van der Waals surface area contributed by atoms with E-state index in [0.717, 1.165) is 36.7 Å². The van der Waals surface area contributed by atoms with Gasteiger partial charge in [0.15, 0.2) is 5.96 Å². The summed E-state index contributed by atoms with van der Waals surface area (Å²) >= 11 is 0. The maximum atomic E-state index is 11.9. The molecule has 6 heteroatoms. The van der Waals surface area contributed by atoms with Crippen molar-refractivity contribution >= 4 is 17.6 Å². The molecule has 0 atom stereocenters. The molecule has 2 aromatic rings. The lowest BCUT2D eigenvalue weighted by atomic mass is 10.2. The zero-order valence-corrected chi connectivity index (χ0v) is 15.8. The number of nitrogens with zero attached hydrogens (tertiary/aromatic N) is 4. The van der Waals surface area contributed by atoms with Crippen LogP contribution in [0.5, 0.6) is 0 Å². The summed E-state index contributed by atoms with van der Waals surface area (Å²) in [6, 6.07) is 12.3. The second-order valence-electron chi connectivity index (χ2n) is 6.69. The Hall–Kier alpha value is -2.76. The number of anilines is 1. The summed E-state index contributed by atoms with van der Waals surface area (Å²) < 4.78 is 2.11. The lowest BCUT2D eigenvalue weighted by Crippen LogP contribution is -2.38. The fourth-order valence-corrected chi connectivity index (χ4v) is 3.30. The van der Waals surface area contributed by atoms with Crippen LogP contribution in [0.1, 0.15) is 24.1 Å². The Labute approximate surface area is 155 Å². The Bertz CT molecular complexity index is 795. The predicted octanol–water partition coefficient (Wildman–Crippen LogP) is 2.36. The summed E-state index contributed by atoms with van der Waals surface area (Å²) in [6.45, 7) is 2.27. The van der Waals surface area contributed by atoms with Crippen LogP contribution in [-0.2, 0) is 24.9 Å². The van der Waals surface area contributed by atoms with Crippen molar-refractivity contribution in [2.45, 2.75) is 25.9 Å². The topological polar surface area (TPSA) is 52.9 Å². The molecule has 1 N–H and O–H groups in total. The maximum Gasteiger partial charge on any atom is 0.227 e. The zero-order chi connectivity index (χ0) is 18.5. The van der Waals surface area contributed by atoms with Crippen LogP contribution < -0.4 is 10.2 Å². The normalized spacial score (nSPS) is 14.8. The van der Waals surface area contributed by atoms with Crippen molar-refractivity contribution in [2.75, 3.05) is 25.5 Å². The standard InChI is InChI=1S/C20H27N5O/c1-21-20(24(3)15-18-9-5-11-23(18)2)22-14-16-7-4-8-17(13-16)25-12-6-10-19(25)26/h4-5,7-9,11,13H,6,10,12,14-15H2,1-3H3,(H,21,22). The van der Waals surface area contributed by atoms with E-state index in [2.05, 4.69) is 38.0 Å². The van der Waals surface area contributed by atoms with Gasteiger partial charge in [0.25, 0.3) is 0 Å². The van der Waals surface area contributed by atoms with Gasteiger partial charge >= 0.3 is 0 Å². The molecule has 1 aliphatic heterocycles. The number of nitrogens with one attached hydrogen (secondary N) is 1. The molecule has 1 aliphatic rings. The third kappa shape index (κ3) is 4.07. The van der Waals surface area contributed by atoms with E-state index < -0.39 is 0 Å². The number of aromatic nitrogens is 1. The second kappa shape index (κ2) is 8.08. The minimum atomic E-state index is 0.216. The molecule has 0 spiro atoms. The van der Waals surface area contributed by atoms with Crippen LogP contribution in [0.4, 0.5) is 5.69 Å². The van der Waals surface area contributed by atoms with Crippen molar-refractivity contribution in [3.8, 4) is 0 Å². The predicted molar refractivity (Wildman–Crippen MR) is 105 cm³/mol. The summed E-state index contributed by atoms with van der Waals surface area (Å²) in [5.41, 5.74) is 3.35. The van der Waals surface area contributed by atoms with Gasteiger partial charge in [-0.1, -0.05) is 12.1 Å². The molecule has 0 saturated carbocycles. The number of guanidine groups is 1. The summed E-state index contributed by atoms with van der Waals surface area (Å²) in [5, 5.41) is 3.41. The summed E-state index contributed by atoms with van der Waals surface area (Å²) in [7, 11) is 5.87. The fourth-order valence-electron chi connectivity index (χ4n) is 3.30. The van der Waals surface area contributed by atoms with Gasteiger partial charge in [-0.25, -0.2) is 0 Å². The van der Waals surface area contributed by atoms with Crippen LogP contribution in [0.2, 0.25) is 0 Å². The average Bonchev–Trinajstić information content (AvgIpc) is 3.24. The molecule has 1 aromatic heterocycles. The fraction of sp³-hybridized carbons (Fsp3) is 0.400. The quantitative estimate of drug-likeness (QED) is 0.663. The number of amides is 1. The number of benzene rings is 1. The molecule has 138 valence electrons. The van der Waals surface area contributed by atoms with Gasteiger partial charge in [0.2, 0.25) is 5.91 Å². The monoisotopic (exact) mass is 353 g/mol. The van der Waals surface area contributed by atoms with Crippen molar-refractivity contribution in [1.29, 1.82) is 0 Å². The molecule has 0 aliphatic carbocycles. The number of carbonyl (C=O) groups is 1. The van der Waals surface area contributed by atoms with Gasteiger partial charge < -0.3 is 19.7 Å². The molecule has 1 amide bonds. The van der Waals surface area contributed by atoms with E-state index in [1.54, 1.807) is 7.05 Å². The third-order valence-corrected chi connectivity index (χ3v) is 4.77. The Balaban J connectivity index is 1.62. The van der Waals surface area contributed by atoms with Crippen LogP contribution in [0, 0.1) is 0 Å². The van der Waals surface area contributed by atoms with E-state index in [4.69, 9.17) is 0 Å². The molecule has 1 saturated heterocycles. The second-order valence-corrected chi connectivity index (χ2v) is 6.69. The Morgan fingerprint density at radius 2 is 2.15 bits per heavy atom. The highest BCUT2D eigenvalue weighted by Crippen LogP contribution is 2.22. The van der Waals surface area contributed by atoms with E-state index in [9.17, 15) is 4.79 Å². The van der Waals surface area contributed by atoms with Crippen molar-refractivity contribution in [3.63, 3.8) is 0 Å². The summed E-state index contributed by atoms with van der Waals surface area (Å²) in [5.74, 6) is 1.06. The first-order valence-electron chi connectivity index (χ1n) is 9.00. The summed E-state index contributed by atoms with van der Waals surface area (Å²) in [6.07, 6.45) is 3.64. The summed E-state index contributed by atoms with van der Waals surface area (Å²) in [4.78, 5) is 20.3. The van der Waals surface area contributed by atoms with Crippen LogP contribution in [0.25, 0.3) is 0 Å². The van der Waals surface area contributed by atoms with Crippen LogP contribution in [0.3, 0.4) is 0 Å². The molecule has 0 bridgehead atoms. The number of carbonyl (C=O) groups excluding carboxylic acids is 1. The molecule has 1 fully saturated rings. The number of aliphatic imine (C=N–C) groups is 1. The first-order chi connectivity index (χ1) is 12.6. The van der Waals surface area contributed by atoms with Crippen molar-refractivity contribution in [1.82, 2.24) is 14.8 Å². The van der Waals surface area contributed by atoms with Gasteiger partial charge in [0, 0.05) is 58.2 Å². The molecular weight excluding hydrogens is 326 g/mol. The molecule has 6 nitrogen and oxygen atoms in total. The van der Waals surface area contributed by atoms with E-state index in [1.165, 1.54) is 5.69 Å². The molecule has 2 heterocycles. The number of aryl methyl sites for hydroxylation is 1. The van der Waals surface area contributed by atoms with E-state index in [-0.39, 0.29) is 5.91 Å². The highest BCUT2D eigenvalue weighted by molar-refractivity contribution is 5.95. The molecule has 1 aromatic carbocycles.